The number of ketones is 1. The molecule has 1 saturated heterocycles. The normalized spacial score (nSPS) is 19.0. The number of nitrogens with one attached hydrogen (secondary N) is 2. The molecule has 1 aromatic heterocycles. The van der Waals surface area contributed by atoms with Gasteiger partial charge in [0.25, 0.3) is 5.91 Å². The maximum atomic E-state index is 14.4. The maximum absolute atomic E-state index is 14.4. The van der Waals surface area contributed by atoms with Gasteiger partial charge in [-0.1, -0.05) is 12.1 Å². The molecule has 216 valence electrons. The van der Waals surface area contributed by atoms with Crippen molar-refractivity contribution < 1.29 is 36.6 Å². The molecule has 13 heteroatoms. The molecule has 2 aromatic carbocycles. The summed E-state index contributed by atoms with van der Waals surface area (Å²) >= 11 is 0. The number of rotatable bonds is 7. The lowest BCUT2D eigenvalue weighted by atomic mass is 10.0. The summed E-state index contributed by atoms with van der Waals surface area (Å²) in [6, 6.07) is 8.47. The minimum Gasteiger partial charge on any atom is -0.495 e. The van der Waals surface area contributed by atoms with E-state index in [1.54, 1.807) is 12.1 Å². The summed E-state index contributed by atoms with van der Waals surface area (Å²) < 4.78 is 66.7. The van der Waals surface area contributed by atoms with Crippen LogP contribution in [0.25, 0.3) is 0 Å². The van der Waals surface area contributed by atoms with Crippen molar-refractivity contribution in [1.29, 1.82) is 0 Å². The van der Waals surface area contributed by atoms with Gasteiger partial charge in [0.2, 0.25) is 11.8 Å². The van der Waals surface area contributed by atoms with Crippen molar-refractivity contribution in [2.75, 3.05) is 32.6 Å². The molecule has 1 amide bonds. The number of benzene rings is 2. The molecule has 1 aliphatic carbocycles. The van der Waals surface area contributed by atoms with Crippen molar-refractivity contribution in [3.63, 3.8) is 0 Å². The molecule has 0 saturated carbocycles. The second-order valence-corrected chi connectivity index (χ2v) is 9.91. The number of likely N-dealkylation sites (tertiary alicyclic amines) is 1. The number of Topliss-reactive ketones (excluding diaryl/α,β-unsaturated/α-hetero) is 1. The summed E-state index contributed by atoms with van der Waals surface area (Å²) in [7, 11) is 3.16. The van der Waals surface area contributed by atoms with Crippen molar-refractivity contribution in [3.05, 3.63) is 64.8 Å². The molecule has 3 aromatic rings. The lowest BCUT2D eigenvalue weighted by Gasteiger charge is -2.32. The minimum absolute atomic E-state index is 0.0202. The van der Waals surface area contributed by atoms with E-state index < -0.39 is 35.7 Å². The van der Waals surface area contributed by atoms with Crippen LogP contribution in [0.3, 0.4) is 0 Å². The first-order valence-electron chi connectivity index (χ1n) is 12.9. The largest absolute Gasteiger partial charge is 0.495 e. The van der Waals surface area contributed by atoms with Crippen LogP contribution in [0.2, 0.25) is 0 Å². The van der Waals surface area contributed by atoms with Crippen LogP contribution in [0.4, 0.5) is 29.2 Å². The topological polar surface area (TPSA) is 106 Å². The molecule has 0 spiro atoms. The number of nitrogens with zero attached hydrogens (tertiary/aromatic N) is 3. The van der Waals surface area contributed by atoms with E-state index in [1.807, 2.05) is 11.9 Å². The van der Waals surface area contributed by atoms with Gasteiger partial charge in [0.15, 0.2) is 5.78 Å². The molecule has 0 radical (unpaired) electrons. The van der Waals surface area contributed by atoms with Gasteiger partial charge in [0.05, 0.1) is 24.4 Å². The number of ether oxygens (including phenoxy) is 2. The number of methoxy groups -OCH3 is 1. The highest BCUT2D eigenvalue weighted by Crippen LogP contribution is 2.40. The van der Waals surface area contributed by atoms with Crippen LogP contribution < -0.4 is 20.1 Å². The van der Waals surface area contributed by atoms with Crippen molar-refractivity contribution in [3.8, 4) is 17.4 Å². The van der Waals surface area contributed by atoms with Crippen LogP contribution in [0.1, 0.15) is 44.7 Å². The molecule has 9 nitrogen and oxygen atoms in total. The number of piperidine rings is 1. The molecular formula is C28H27F4N5O4. The Hall–Kier alpha value is -4.26. The molecule has 2 aliphatic rings. The number of alkyl halides is 4. The minimum atomic E-state index is -4.82. The Balaban J connectivity index is 1.39. The molecule has 0 bridgehead atoms. The van der Waals surface area contributed by atoms with Gasteiger partial charge < -0.3 is 25.0 Å². The number of halogens is 4. The van der Waals surface area contributed by atoms with E-state index in [2.05, 4.69) is 20.6 Å². The first kappa shape index (κ1) is 28.3. The average molecular weight is 574 g/mol. The number of carbonyl (C=O) groups excluding carboxylic acids is 2. The Kier molecular flexibility index (Phi) is 7.80. The number of aromatic nitrogens is 2. The standard InChI is InChI=1S/C28H27F4N5O4/c1-37-11-10-19(18(29)14-37)34-25(39)16-6-8-20(23(12-16)40-2)35-27-33-13-17(28(30,31)32)26(36-27)41-22-5-3-4-15-7-9-21(38)24(15)22/h3-6,8,12-13,18-19H,7,9-11,14H2,1-2H3,(H,34,39)(H,33,35,36). The third kappa shape index (κ3) is 6.09. The monoisotopic (exact) mass is 573 g/mol. The molecule has 1 fully saturated rings. The molecule has 2 atom stereocenters. The van der Waals surface area contributed by atoms with Crippen LogP contribution in [-0.2, 0) is 12.6 Å². The van der Waals surface area contributed by atoms with Crippen molar-refractivity contribution in [2.45, 2.75) is 37.7 Å². The third-order valence-electron chi connectivity index (χ3n) is 7.05. The predicted molar refractivity (Wildman–Crippen MR) is 141 cm³/mol. The highest BCUT2D eigenvalue weighted by atomic mass is 19.4. The average Bonchev–Trinajstić information content (AvgIpc) is 3.31. The lowest BCUT2D eigenvalue weighted by molar-refractivity contribution is -0.139. The Labute approximate surface area is 232 Å². The molecule has 5 rings (SSSR count). The number of anilines is 2. The molecule has 1 aliphatic heterocycles. The van der Waals surface area contributed by atoms with E-state index in [0.29, 0.717) is 31.1 Å². The van der Waals surface area contributed by atoms with Gasteiger partial charge >= 0.3 is 6.18 Å². The Morgan fingerprint density at radius 1 is 1.15 bits per heavy atom. The second kappa shape index (κ2) is 11.3. The first-order chi connectivity index (χ1) is 19.5. The molecule has 2 heterocycles. The van der Waals surface area contributed by atoms with Crippen LogP contribution in [0, 0.1) is 0 Å². The van der Waals surface area contributed by atoms with Crippen LogP contribution in [0.5, 0.6) is 17.4 Å². The van der Waals surface area contributed by atoms with E-state index in [9.17, 15) is 27.2 Å². The SMILES string of the molecule is COc1cc(C(=O)NC2CCN(C)CC2F)ccc1Nc1ncc(C(F)(F)F)c(Oc2cccc3c2C(=O)CC3)n1. The van der Waals surface area contributed by atoms with Crippen molar-refractivity contribution in [1.82, 2.24) is 20.2 Å². The smallest absolute Gasteiger partial charge is 0.423 e. The number of hydrogen-bond donors (Lipinski definition) is 2. The quantitative estimate of drug-likeness (QED) is 0.383. The number of amides is 1. The number of fused-ring (bicyclic) bond motifs is 1. The van der Waals surface area contributed by atoms with Gasteiger partial charge in [-0.15, -0.1) is 0 Å². The van der Waals surface area contributed by atoms with Crippen LogP contribution in [0.15, 0.2) is 42.6 Å². The zero-order chi connectivity index (χ0) is 29.3. The zero-order valence-corrected chi connectivity index (χ0v) is 22.2. The van der Waals surface area contributed by atoms with Gasteiger partial charge in [0, 0.05) is 31.3 Å². The molecule has 2 N–H and O–H groups in total. The van der Waals surface area contributed by atoms with Gasteiger partial charge in [0.1, 0.15) is 23.2 Å². The Morgan fingerprint density at radius 2 is 1.95 bits per heavy atom. The fraction of sp³-hybridized carbons (Fsp3) is 0.357. The van der Waals surface area contributed by atoms with E-state index in [0.717, 1.165) is 0 Å². The fourth-order valence-corrected chi connectivity index (χ4v) is 4.89. The van der Waals surface area contributed by atoms with Crippen LogP contribution >= 0.6 is 0 Å². The van der Waals surface area contributed by atoms with Gasteiger partial charge in [-0.25, -0.2) is 9.37 Å². The summed E-state index contributed by atoms with van der Waals surface area (Å²) in [5, 5.41) is 5.50. The van der Waals surface area contributed by atoms with Crippen molar-refractivity contribution in [2.24, 2.45) is 0 Å². The summed E-state index contributed by atoms with van der Waals surface area (Å²) in [5.74, 6) is -1.57. The maximum Gasteiger partial charge on any atom is 0.423 e. The number of carbonyl (C=O) groups is 2. The second-order valence-electron chi connectivity index (χ2n) is 9.91. The van der Waals surface area contributed by atoms with Gasteiger partial charge in [-0.05, 0) is 49.7 Å². The lowest BCUT2D eigenvalue weighted by Crippen LogP contribution is -2.51. The highest BCUT2D eigenvalue weighted by molar-refractivity contribution is 6.03. The highest BCUT2D eigenvalue weighted by Gasteiger charge is 2.37. The third-order valence-corrected chi connectivity index (χ3v) is 7.05. The summed E-state index contributed by atoms with van der Waals surface area (Å²) in [4.78, 5) is 34.7. The number of hydrogen-bond acceptors (Lipinski definition) is 8. The van der Waals surface area contributed by atoms with E-state index in [-0.39, 0.29) is 53.0 Å². The summed E-state index contributed by atoms with van der Waals surface area (Å²) in [6.07, 6.45) is -4.25. The molecule has 2 unspecified atom stereocenters. The first-order valence-corrected chi connectivity index (χ1v) is 12.9. The molecular weight excluding hydrogens is 546 g/mol. The Morgan fingerprint density at radius 3 is 2.68 bits per heavy atom. The van der Waals surface area contributed by atoms with E-state index >= 15 is 0 Å². The summed E-state index contributed by atoms with van der Waals surface area (Å²) in [5.41, 5.74) is 0.181. The predicted octanol–water partition coefficient (Wildman–Crippen LogP) is 4.94. The number of aryl methyl sites for hydroxylation is 1. The Bertz CT molecular complexity index is 1480. The van der Waals surface area contributed by atoms with Gasteiger partial charge in [-0.2, -0.15) is 18.2 Å². The van der Waals surface area contributed by atoms with Crippen molar-refractivity contribution >= 4 is 23.3 Å². The molecule has 41 heavy (non-hydrogen) atoms. The fourth-order valence-electron chi connectivity index (χ4n) is 4.89. The zero-order valence-electron chi connectivity index (χ0n) is 22.2. The summed E-state index contributed by atoms with van der Waals surface area (Å²) in [6.45, 7) is 0.873. The van der Waals surface area contributed by atoms with Gasteiger partial charge in [-0.3, -0.25) is 9.59 Å². The van der Waals surface area contributed by atoms with E-state index in [1.165, 1.54) is 31.4 Å². The van der Waals surface area contributed by atoms with E-state index in [4.69, 9.17) is 9.47 Å². The van der Waals surface area contributed by atoms with Crippen LogP contribution in [-0.4, -0.2) is 66.0 Å².